The Labute approximate surface area is 196 Å². The molecule has 9 heteroatoms. The van der Waals surface area contributed by atoms with Gasteiger partial charge in [-0.05, 0) is 34.6 Å². The maximum Gasteiger partial charge on any atom is 0.407 e. The smallest absolute Gasteiger partial charge is 0.407 e. The summed E-state index contributed by atoms with van der Waals surface area (Å²) in [5.74, 6) is -2.40. The minimum atomic E-state index is -3.04. The van der Waals surface area contributed by atoms with Crippen LogP contribution < -0.4 is 10.6 Å². The largest absolute Gasteiger partial charge is 0.480 e. The standard InChI is InChI=1S/C25H28F2N2O5/c1-14(2)11-21(24(31)32)28-22(30)12-20(23(26)27)29-25(33)34-13-19-17-9-5-3-7-15(17)16-8-4-6-10-18(16)19/h3-10,14,19-21,23H,11-13H2,1-2H3,(H,28,30)(H,29,33)(H,31,32)/t20?,21-/m1/s1. The van der Waals surface area contributed by atoms with Gasteiger partial charge in [-0.25, -0.2) is 18.4 Å². The van der Waals surface area contributed by atoms with Gasteiger partial charge >= 0.3 is 12.1 Å². The first kappa shape index (κ1) is 25.1. The van der Waals surface area contributed by atoms with Crippen molar-refractivity contribution in [3.63, 3.8) is 0 Å². The zero-order valence-electron chi connectivity index (χ0n) is 19.0. The summed E-state index contributed by atoms with van der Waals surface area (Å²) in [6.07, 6.45) is -4.74. The van der Waals surface area contributed by atoms with Crippen LogP contribution in [-0.4, -0.2) is 48.2 Å². The van der Waals surface area contributed by atoms with Crippen LogP contribution >= 0.6 is 0 Å². The van der Waals surface area contributed by atoms with Gasteiger partial charge in [-0.3, -0.25) is 4.79 Å². The summed E-state index contributed by atoms with van der Waals surface area (Å²) in [6.45, 7) is 3.50. The average Bonchev–Trinajstić information content (AvgIpc) is 3.10. The van der Waals surface area contributed by atoms with Gasteiger partial charge in [0.1, 0.15) is 18.7 Å². The van der Waals surface area contributed by atoms with E-state index in [1.165, 1.54) is 0 Å². The number of hydrogen-bond acceptors (Lipinski definition) is 4. The van der Waals surface area contributed by atoms with E-state index in [4.69, 9.17) is 4.74 Å². The number of carbonyl (C=O) groups is 3. The fourth-order valence-electron chi connectivity index (χ4n) is 4.14. The lowest BCUT2D eigenvalue weighted by Gasteiger charge is -2.21. The Morgan fingerprint density at radius 3 is 2.03 bits per heavy atom. The number of rotatable bonds is 10. The van der Waals surface area contributed by atoms with Gasteiger partial charge in [0.25, 0.3) is 6.43 Å². The zero-order chi connectivity index (χ0) is 24.8. The number of alkyl carbamates (subject to hydrolysis) is 1. The molecule has 34 heavy (non-hydrogen) atoms. The quantitative estimate of drug-likeness (QED) is 0.480. The maximum absolute atomic E-state index is 13.5. The Morgan fingerprint density at radius 2 is 1.53 bits per heavy atom. The summed E-state index contributed by atoms with van der Waals surface area (Å²) in [7, 11) is 0. The SMILES string of the molecule is CC(C)C[C@@H](NC(=O)CC(NC(=O)OCC1c2ccccc2-c2ccccc21)C(F)F)C(=O)O. The molecule has 0 aliphatic heterocycles. The minimum absolute atomic E-state index is 0.0220. The average molecular weight is 475 g/mol. The minimum Gasteiger partial charge on any atom is -0.480 e. The summed E-state index contributed by atoms with van der Waals surface area (Å²) in [4.78, 5) is 35.8. The molecule has 182 valence electrons. The number of fused-ring (bicyclic) bond motifs is 3. The van der Waals surface area contributed by atoms with E-state index in [0.29, 0.717) is 0 Å². The van der Waals surface area contributed by atoms with Crippen molar-refractivity contribution in [1.82, 2.24) is 10.6 Å². The highest BCUT2D eigenvalue weighted by atomic mass is 19.3. The number of halogens is 2. The highest BCUT2D eigenvalue weighted by Crippen LogP contribution is 2.44. The van der Waals surface area contributed by atoms with Gasteiger partial charge < -0.3 is 20.5 Å². The van der Waals surface area contributed by atoms with Crippen LogP contribution in [0, 0.1) is 5.92 Å². The van der Waals surface area contributed by atoms with E-state index in [1.54, 1.807) is 13.8 Å². The molecule has 2 aromatic rings. The fourth-order valence-corrected chi connectivity index (χ4v) is 4.14. The number of nitrogens with one attached hydrogen (secondary N) is 2. The molecule has 3 N–H and O–H groups in total. The molecule has 2 amide bonds. The van der Waals surface area contributed by atoms with Gasteiger partial charge in [0.15, 0.2) is 0 Å². The summed E-state index contributed by atoms with van der Waals surface area (Å²) in [5, 5.41) is 13.5. The molecule has 0 saturated carbocycles. The van der Waals surface area contributed by atoms with Gasteiger partial charge in [0.05, 0.1) is 6.42 Å². The number of carboxylic acids is 1. The second-order valence-corrected chi connectivity index (χ2v) is 8.70. The van der Waals surface area contributed by atoms with Crippen LogP contribution in [0.3, 0.4) is 0 Å². The molecule has 1 aliphatic rings. The molecule has 0 bridgehead atoms. The second kappa shape index (κ2) is 11.1. The molecule has 0 aromatic heterocycles. The number of benzene rings is 2. The van der Waals surface area contributed by atoms with Crippen molar-refractivity contribution in [3.8, 4) is 11.1 Å². The molecule has 0 saturated heterocycles. The van der Waals surface area contributed by atoms with Crippen LogP contribution in [0.25, 0.3) is 11.1 Å². The van der Waals surface area contributed by atoms with Gasteiger partial charge in [-0.2, -0.15) is 0 Å². The Morgan fingerprint density at radius 1 is 0.971 bits per heavy atom. The number of amides is 2. The predicted octanol–water partition coefficient (Wildman–Crippen LogP) is 4.16. The van der Waals surface area contributed by atoms with E-state index in [1.807, 2.05) is 53.8 Å². The molecule has 0 spiro atoms. The summed E-state index contributed by atoms with van der Waals surface area (Å²) >= 11 is 0. The molecular formula is C25H28F2N2O5. The van der Waals surface area contributed by atoms with Crippen molar-refractivity contribution in [2.75, 3.05) is 6.61 Å². The molecule has 2 aromatic carbocycles. The van der Waals surface area contributed by atoms with Crippen molar-refractivity contribution in [2.24, 2.45) is 5.92 Å². The van der Waals surface area contributed by atoms with Crippen LogP contribution in [0.2, 0.25) is 0 Å². The van der Waals surface area contributed by atoms with E-state index in [0.717, 1.165) is 22.3 Å². The monoisotopic (exact) mass is 474 g/mol. The van der Waals surface area contributed by atoms with Crippen LogP contribution in [0.1, 0.15) is 43.7 Å². The van der Waals surface area contributed by atoms with E-state index in [2.05, 4.69) is 5.32 Å². The first-order valence-corrected chi connectivity index (χ1v) is 11.1. The van der Waals surface area contributed by atoms with E-state index >= 15 is 0 Å². The third-order valence-corrected chi connectivity index (χ3v) is 5.70. The van der Waals surface area contributed by atoms with Crippen LogP contribution in [-0.2, 0) is 14.3 Å². The van der Waals surface area contributed by atoms with Crippen molar-refractivity contribution in [3.05, 3.63) is 59.7 Å². The number of carbonyl (C=O) groups excluding carboxylic acids is 2. The summed E-state index contributed by atoms with van der Waals surface area (Å²) in [5.41, 5.74) is 4.02. The van der Waals surface area contributed by atoms with Gasteiger partial charge in [-0.1, -0.05) is 62.4 Å². The summed E-state index contributed by atoms with van der Waals surface area (Å²) in [6, 6.07) is 12.4. The number of hydrogen-bond donors (Lipinski definition) is 3. The third kappa shape index (κ3) is 6.09. The first-order chi connectivity index (χ1) is 16.2. The Hall–Kier alpha value is -3.49. The lowest BCUT2D eigenvalue weighted by Crippen LogP contribution is -2.47. The fraction of sp³-hybridized carbons (Fsp3) is 0.400. The highest BCUT2D eigenvalue weighted by Gasteiger charge is 2.31. The van der Waals surface area contributed by atoms with Crippen LogP contribution in [0.4, 0.5) is 13.6 Å². The van der Waals surface area contributed by atoms with Crippen LogP contribution in [0.5, 0.6) is 0 Å². The molecule has 0 fully saturated rings. The van der Waals surface area contributed by atoms with Gasteiger partial charge in [0.2, 0.25) is 5.91 Å². The lowest BCUT2D eigenvalue weighted by atomic mass is 9.98. The van der Waals surface area contributed by atoms with Crippen molar-refractivity contribution >= 4 is 18.0 Å². The zero-order valence-corrected chi connectivity index (χ0v) is 19.0. The maximum atomic E-state index is 13.5. The Kier molecular flexibility index (Phi) is 8.20. The van der Waals surface area contributed by atoms with Crippen molar-refractivity contribution < 1.29 is 33.0 Å². The number of carboxylic acid groups (broad SMARTS) is 1. The van der Waals surface area contributed by atoms with E-state index < -0.39 is 42.9 Å². The summed E-state index contributed by atoms with van der Waals surface area (Å²) < 4.78 is 32.3. The van der Waals surface area contributed by atoms with Gasteiger partial charge in [-0.15, -0.1) is 0 Å². The molecule has 1 unspecified atom stereocenters. The van der Waals surface area contributed by atoms with Crippen LogP contribution in [0.15, 0.2) is 48.5 Å². The van der Waals surface area contributed by atoms with Gasteiger partial charge in [0, 0.05) is 5.92 Å². The molecule has 3 rings (SSSR count). The Bertz CT molecular complexity index is 998. The number of alkyl halides is 2. The molecule has 1 aliphatic carbocycles. The molecule has 2 atom stereocenters. The van der Waals surface area contributed by atoms with Crippen molar-refractivity contribution in [2.45, 2.75) is 51.1 Å². The van der Waals surface area contributed by atoms with Crippen molar-refractivity contribution in [1.29, 1.82) is 0 Å². The third-order valence-electron chi connectivity index (χ3n) is 5.70. The topological polar surface area (TPSA) is 105 Å². The molecular weight excluding hydrogens is 446 g/mol. The van der Waals surface area contributed by atoms with E-state index in [-0.39, 0.29) is 24.9 Å². The highest BCUT2D eigenvalue weighted by molar-refractivity contribution is 5.84. The lowest BCUT2D eigenvalue weighted by molar-refractivity contribution is -0.142. The molecule has 0 radical (unpaired) electrons. The molecule has 0 heterocycles. The number of ether oxygens (including phenoxy) is 1. The second-order valence-electron chi connectivity index (χ2n) is 8.70. The normalized spacial score (nSPS) is 14.3. The number of aliphatic carboxylic acids is 1. The predicted molar refractivity (Wildman–Crippen MR) is 122 cm³/mol. The Balaban J connectivity index is 1.59. The van der Waals surface area contributed by atoms with E-state index in [9.17, 15) is 28.3 Å². The molecule has 7 nitrogen and oxygen atoms in total. The first-order valence-electron chi connectivity index (χ1n) is 11.1.